The van der Waals surface area contributed by atoms with Gasteiger partial charge in [-0.2, -0.15) is 0 Å². The Labute approximate surface area is 86.3 Å². The lowest BCUT2D eigenvalue weighted by molar-refractivity contribution is 0.962. The van der Waals surface area contributed by atoms with Crippen molar-refractivity contribution in [1.82, 2.24) is 15.4 Å². The van der Waals surface area contributed by atoms with Crippen LogP contribution in [0.15, 0.2) is 24.3 Å². The van der Waals surface area contributed by atoms with Crippen molar-refractivity contribution < 1.29 is 0 Å². The van der Waals surface area contributed by atoms with Gasteiger partial charge in [0.1, 0.15) is 4.64 Å². The fourth-order valence-electron chi connectivity index (χ4n) is 1.23. The molecule has 0 aliphatic rings. The fourth-order valence-corrected chi connectivity index (χ4v) is 1.44. The van der Waals surface area contributed by atoms with Gasteiger partial charge >= 0.3 is 0 Å². The van der Waals surface area contributed by atoms with Crippen LogP contribution < -0.4 is 10.9 Å². The molecule has 0 atom stereocenters. The van der Waals surface area contributed by atoms with Gasteiger partial charge in [0.05, 0.1) is 11.0 Å². The molecule has 0 aliphatic heterocycles. The second-order valence-electron chi connectivity index (χ2n) is 2.81. The first-order chi connectivity index (χ1) is 6.81. The van der Waals surface area contributed by atoms with E-state index in [4.69, 9.17) is 12.2 Å². The topological polar surface area (TPSA) is 52.7 Å². The summed E-state index contributed by atoms with van der Waals surface area (Å²) in [5.41, 5.74) is 7.49. The molecule has 4 nitrogen and oxygen atoms in total. The van der Waals surface area contributed by atoms with Crippen LogP contribution in [0.3, 0.4) is 0 Å². The highest BCUT2D eigenvalue weighted by Crippen LogP contribution is 2.12. The molecular formula is C9H10N4S. The molecule has 2 aromatic rings. The minimum atomic E-state index is 0.595. The highest BCUT2D eigenvalue weighted by atomic mass is 32.1. The van der Waals surface area contributed by atoms with Crippen LogP contribution in [-0.4, -0.2) is 17.0 Å². The summed E-state index contributed by atoms with van der Waals surface area (Å²) in [7, 11) is 1.77. The number of hydrazine groups is 1. The quantitative estimate of drug-likeness (QED) is 0.518. The van der Waals surface area contributed by atoms with Crippen LogP contribution in [0.4, 0.5) is 5.82 Å². The first kappa shape index (κ1) is 9.11. The molecule has 0 spiro atoms. The van der Waals surface area contributed by atoms with Crippen LogP contribution in [0.25, 0.3) is 11.0 Å². The first-order valence-corrected chi connectivity index (χ1v) is 4.64. The maximum atomic E-state index is 5.12. The monoisotopic (exact) mass is 206 g/mol. The number of H-pyrrole nitrogens is 1. The number of fused-ring (bicyclic) bond motifs is 1. The molecule has 1 aromatic carbocycles. The molecule has 0 aliphatic carbocycles. The average Bonchev–Trinajstić information content (AvgIpc) is 2.19. The van der Waals surface area contributed by atoms with E-state index in [1.54, 1.807) is 7.05 Å². The average molecular weight is 206 g/mol. The second-order valence-corrected chi connectivity index (χ2v) is 3.21. The Morgan fingerprint density at radius 1 is 1.36 bits per heavy atom. The lowest BCUT2D eigenvalue weighted by Gasteiger charge is -2.04. The molecule has 0 fully saturated rings. The van der Waals surface area contributed by atoms with E-state index < -0.39 is 0 Å². The molecule has 0 radical (unpaired) electrons. The third-order valence-corrected chi connectivity index (χ3v) is 2.14. The van der Waals surface area contributed by atoms with Gasteiger partial charge in [-0.05, 0) is 12.1 Å². The van der Waals surface area contributed by atoms with Crippen molar-refractivity contribution in [3.8, 4) is 0 Å². The maximum absolute atomic E-state index is 5.12. The van der Waals surface area contributed by atoms with E-state index in [9.17, 15) is 0 Å². The summed E-state index contributed by atoms with van der Waals surface area (Å²) in [4.78, 5) is 7.45. The molecule has 0 bridgehead atoms. The van der Waals surface area contributed by atoms with Crippen molar-refractivity contribution in [3.63, 3.8) is 0 Å². The van der Waals surface area contributed by atoms with E-state index in [2.05, 4.69) is 20.8 Å². The van der Waals surface area contributed by atoms with E-state index in [1.165, 1.54) is 0 Å². The zero-order chi connectivity index (χ0) is 9.97. The van der Waals surface area contributed by atoms with E-state index in [0.717, 1.165) is 11.0 Å². The van der Waals surface area contributed by atoms with Gasteiger partial charge in [-0.1, -0.05) is 24.4 Å². The largest absolute Gasteiger partial charge is 0.342 e. The van der Waals surface area contributed by atoms with Crippen LogP contribution in [0.5, 0.6) is 0 Å². The summed E-state index contributed by atoms with van der Waals surface area (Å²) in [6.45, 7) is 0. The lowest BCUT2D eigenvalue weighted by Crippen LogP contribution is -2.16. The van der Waals surface area contributed by atoms with Gasteiger partial charge in [0.15, 0.2) is 5.82 Å². The first-order valence-electron chi connectivity index (χ1n) is 4.23. The van der Waals surface area contributed by atoms with Gasteiger partial charge in [-0.3, -0.25) is 0 Å². The molecule has 1 aromatic heterocycles. The Bertz CT molecular complexity index is 505. The van der Waals surface area contributed by atoms with Gasteiger partial charge in [-0.15, -0.1) is 0 Å². The predicted octanol–water partition coefficient (Wildman–Crippen LogP) is 1.84. The molecule has 3 N–H and O–H groups in total. The van der Waals surface area contributed by atoms with Crippen molar-refractivity contribution in [3.05, 3.63) is 28.9 Å². The van der Waals surface area contributed by atoms with E-state index in [-0.39, 0.29) is 0 Å². The molecule has 0 amide bonds. The molecule has 2 rings (SSSR count). The standard InChI is InChI=1S/C9H10N4S/c1-10-13-8-9(14)12-7-5-3-2-4-6(7)11-8/h2-5,10H,1H3,(H,11,13)(H,12,14). The summed E-state index contributed by atoms with van der Waals surface area (Å²) in [5, 5.41) is 0. The summed E-state index contributed by atoms with van der Waals surface area (Å²) in [5.74, 6) is 0.640. The van der Waals surface area contributed by atoms with Gasteiger partial charge in [0, 0.05) is 7.05 Å². The zero-order valence-corrected chi connectivity index (χ0v) is 8.48. The minimum Gasteiger partial charge on any atom is -0.342 e. The Kier molecular flexibility index (Phi) is 2.43. The maximum Gasteiger partial charge on any atom is 0.176 e. The molecule has 14 heavy (non-hydrogen) atoms. The predicted molar refractivity (Wildman–Crippen MR) is 59.6 cm³/mol. The third kappa shape index (κ3) is 1.59. The zero-order valence-electron chi connectivity index (χ0n) is 7.66. The molecular weight excluding hydrogens is 196 g/mol. The molecule has 0 saturated carbocycles. The van der Waals surface area contributed by atoms with Crippen molar-refractivity contribution >= 4 is 29.1 Å². The number of para-hydroxylation sites is 2. The smallest absolute Gasteiger partial charge is 0.176 e. The molecule has 1 heterocycles. The van der Waals surface area contributed by atoms with Crippen molar-refractivity contribution in [2.45, 2.75) is 0 Å². The number of benzene rings is 1. The number of hydrogen-bond acceptors (Lipinski definition) is 4. The van der Waals surface area contributed by atoms with Gasteiger partial charge in [0.2, 0.25) is 0 Å². The highest BCUT2D eigenvalue weighted by Gasteiger charge is 1.98. The summed E-state index contributed by atoms with van der Waals surface area (Å²) >= 11 is 5.12. The van der Waals surface area contributed by atoms with Crippen LogP contribution in [0, 0.1) is 4.64 Å². The minimum absolute atomic E-state index is 0.595. The Balaban J connectivity index is 2.65. The SMILES string of the molecule is CNNc1nc2ccccc2[nH]c1=S. The fraction of sp³-hybridized carbons (Fsp3) is 0.111. The summed E-state index contributed by atoms with van der Waals surface area (Å²) in [6.07, 6.45) is 0. The molecule has 0 saturated heterocycles. The van der Waals surface area contributed by atoms with E-state index in [0.29, 0.717) is 10.5 Å². The van der Waals surface area contributed by atoms with E-state index >= 15 is 0 Å². The van der Waals surface area contributed by atoms with Crippen molar-refractivity contribution in [2.24, 2.45) is 0 Å². The number of rotatable bonds is 2. The number of nitrogens with one attached hydrogen (secondary N) is 3. The summed E-state index contributed by atoms with van der Waals surface area (Å²) in [6, 6.07) is 7.76. The Morgan fingerprint density at radius 2 is 2.14 bits per heavy atom. The number of aromatic amines is 1. The third-order valence-electron chi connectivity index (χ3n) is 1.84. The van der Waals surface area contributed by atoms with Gasteiger partial charge in [0.25, 0.3) is 0 Å². The van der Waals surface area contributed by atoms with Crippen molar-refractivity contribution in [2.75, 3.05) is 12.5 Å². The Hall–Kier alpha value is -1.46. The number of aromatic nitrogens is 2. The molecule has 5 heteroatoms. The van der Waals surface area contributed by atoms with Crippen LogP contribution >= 0.6 is 12.2 Å². The second kappa shape index (κ2) is 3.73. The number of nitrogens with zero attached hydrogens (tertiary/aromatic N) is 1. The molecule has 0 unspecified atom stereocenters. The van der Waals surface area contributed by atoms with Gasteiger partial charge < -0.3 is 10.4 Å². The number of anilines is 1. The lowest BCUT2D eigenvalue weighted by atomic mass is 10.3. The van der Waals surface area contributed by atoms with E-state index in [1.807, 2.05) is 24.3 Å². The highest BCUT2D eigenvalue weighted by molar-refractivity contribution is 7.71. The van der Waals surface area contributed by atoms with Crippen LogP contribution in [0.1, 0.15) is 0 Å². The summed E-state index contributed by atoms with van der Waals surface area (Å²) < 4.78 is 0.595. The van der Waals surface area contributed by atoms with Crippen molar-refractivity contribution in [1.29, 1.82) is 0 Å². The van der Waals surface area contributed by atoms with Crippen LogP contribution in [0.2, 0.25) is 0 Å². The number of hydrogen-bond donors (Lipinski definition) is 3. The molecule has 72 valence electrons. The van der Waals surface area contributed by atoms with Gasteiger partial charge in [-0.25, -0.2) is 10.4 Å². The van der Waals surface area contributed by atoms with Crippen LogP contribution in [-0.2, 0) is 0 Å². The normalized spacial score (nSPS) is 10.4. The Morgan fingerprint density at radius 3 is 2.93 bits per heavy atom.